The van der Waals surface area contributed by atoms with Crippen molar-refractivity contribution in [2.24, 2.45) is 5.92 Å². The zero-order chi connectivity index (χ0) is 12.6. The van der Waals surface area contributed by atoms with Crippen LogP contribution in [0.5, 0.6) is 0 Å². The van der Waals surface area contributed by atoms with E-state index in [2.05, 4.69) is 40.8 Å². The highest BCUT2D eigenvalue weighted by atomic mass is 28.4. The number of rotatable bonds is 2. The lowest BCUT2D eigenvalue weighted by atomic mass is 9.94. The monoisotopic (exact) mass is 240 g/mol. The number of carbonyl (C=O) groups is 1. The predicted molar refractivity (Wildman–Crippen MR) is 69.8 cm³/mol. The van der Waals surface area contributed by atoms with Crippen molar-refractivity contribution in [3.63, 3.8) is 0 Å². The van der Waals surface area contributed by atoms with Crippen molar-refractivity contribution in [1.82, 2.24) is 0 Å². The van der Waals surface area contributed by atoms with Crippen molar-refractivity contribution in [3.8, 4) is 0 Å². The molecule has 0 aromatic carbocycles. The van der Waals surface area contributed by atoms with Crippen LogP contribution in [0, 0.1) is 5.92 Å². The van der Waals surface area contributed by atoms with Crippen LogP contribution in [0.4, 0.5) is 0 Å². The first-order valence-electron chi connectivity index (χ1n) is 6.04. The van der Waals surface area contributed by atoms with E-state index >= 15 is 0 Å². The molecule has 0 heterocycles. The molecule has 1 aliphatic rings. The van der Waals surface area contributed by atoms with E-state index in [4.69, 9.17) is 4.43 Å². The van der Waals surface area contributed by atoms with Gasteiger partial charge in [-0.15, -0.1) is 0 Å². The van der Waals surface area contributed by atoms with Gasteiger partial charge in [-0.05, 0) is 24.1 Å². The quantitative estimate of drug-likeness (QED) is 0.684. The van der Waals surface area contributed by atoms with Gasteiger partial charge >= 0.3 is 0 Å². The normalized spacial score (nSPS) is 23.0. The lowest BCUT2D eigenvalue weighted by Gasteiger charge is -2.38. The Balaban J connectivity index is 2.78. The third-order valence-corrected chi connectivity index (χ3v) is 8.00. The molecule has 3 heteroatoms. The predicted octanol–water partition coefficient (Wildman–Crippen LogP) is 3.89. The molecule has 0 fully saturated rings. The zero-order valence-corrected chi connectivity index (χ0v) is 12.4. The van der Waals surface area contributed by atoms with Crippen LogP contribution in [0.25, 0.3) is 0 Å². The van der Waals surface area contributed by atoms with E-state index in [9.17, 15) is 4.79 Å². The lowest BCUT2D eigenvalue weighted by Crippen LogP contribution is -2.41. The maximum Gasteiger partial charge on any atom is 0.250 e. The highest BCUT2D eigenvalue weighted by molar-refractivity contribution is 6.74. The Hall–Kier alpha value is -0.573. The molecule has 0 saturated heterocycles. The highest BCUT2D eigenvalue weighted by Crippen LogP contribution is 2.39. The molecule has 0 spiro atoms. The Labute approximate surface area is 100 Å². The summed E-state index contributed by atoms with van der Waals surface area (Å²) in [6.45, 7) is 13.2. The van der Waals surface area contributed by atoms with E-state index in [1.54, 1.807) is 6.08 Å². The third-order valence-electron chi connectivity index (χ3n) is 3.61. The standard InChI is InChI=1S/C13H24O2Si/c1-10-7-11(14)9-12(8-10)15-16(5,6)13(2,3)4/h9-10H,7-8H2,1-6H3. The topological polar surface area (TPSA) is 26.3 Å². The first kappa shape index (κ1) is 13.5. The van der Waals surface area contributed by atoms with Gasteiger partial charge in [0.15, 0.2) is 5.78 Å². The molecule has 92 valence electrons. The van der Waals surface area contributed by atoms with E-state index in [0.717, 1.165) is 12.2 Å². The largest absolute Gasteiger partial charge is 0.546 e. The second-order valence-electron chi connectivity index (χ2n) is 6.45. The maximum absolute atomic E-state index is 11.5. The molecule has 0 aliphatic heterocycles. The van der Waals surface area contributed by atoms with Gasteiger partial charge in [-0.25, -0.2) is 0 Å². The van der Waals surface area contributed by atoms with Crippen molar-refractivity contribution in [2.45, 2.75) is 58.7 Å². The Morgan fingerprint density at radius 1 is 1.31 bits per heavy atom. The molecule has 1 unspecified atom stereocenters. The molecule has 0 aromatic heterocycles. The maximum atomic E-state index is 11.5. The van der Waals surface area contributed by atoms with Crippen LogP contribution in [0.3, 0.4) is 0 Å². The van der Waals surface area contributed by atoms with Crippen LogP contribution in [0.1, 0.15) is 40.5 Å². The molecule has 16 heavy (non-hydrogen) atoms. The number of ketones is 1. The van der Waals surface area contributed by atoms with E-state index in [0.29, 0.717) is 12.3 Å². The van der Waals surface area contributed by atoms with Gasteiger partial charge in [0.05, 0.1) is 5.76 Å². The lowest BCUT2D eigenvalue weighted by molar-refractivity contribution is -0.116. The summed E-state index contributed by atoms with van der Waals surface area (Å²) in [5.41, 5.74) is 0. The van der Waals surface area contributed by atoms with Crippen LogP contribution in [0.2, 0.25) is 18.1 Å². The van der Waals surface area contributed by atoms with E-state index in [1.807, 2.05) is 0 Å². The van der Waals surface area contributed by atoms with Gasteiger partial charge in [0, 0.05) is 18.9 Å². The highest BCUT2D eigenvalue weighted by Gasteiger charge is 2.39. The van der Waals surface area contributed by atoms with Crippen LogP contribution >= 0.6 is 0 Å². The molecule has 0 saturated carbocycles. The SMILES string of the molecule is CC1CC(=O)C=C(O[Si](C)(C)C(C)(C)C)C1. The van der Waals surface area contributed by atoms with Crippen molar-refractivity contribution >= 4 is 14.1 Å². The second-order valence-corrected chi connectivity index (χ2v) is 11.2. The second kappa shape index (κ2) is 4.36. The van der Waals surface area contributed by atoms with E-state index in [-0.39, 0.29) is 10.8 Å². The van der Waals surface area contributed by atoms with Crippen LogP contribution in [-0.2, 0) is 9.22 Å². The molecule has 2 nitrogen and oxygen atoms in total. The zero-order valence-electron chi connectivity index (χ0n) is 11.4. The molecule has 0 N–H and O–H groups in total. The van der Waals surface area contributed by atoms with Crippen molar-refractivity contribution in [2.75, 3.05) is 0 Å². The summed E-state index contributed by atoms with van der Waals surface area (Å²) in [4.78, 5) is 11.5. The summed E-state index contributed by atoms with van der Waals surface area (Å²) in [5, 5.41) is 0.192. The van der Waals surface area contributed by atoms with Gasteiger partial charge in [0.1, 0.15) is 0 Å². The third kappa shape index (κ3) is 3.21. The van der Waals surface area contributed by atoms with Crippen molar-refractivity contribution in [1.29, 1.82) is 0 Å². The summed E-state index contributed by atoms with van der Waals surface area (Å²) in [7, 11) is -1.77. The number of hydrogen-bond donors (Lipinski definition) is 0. The first-order valence-corrected chi connectivity index (χ1v) is 8.95. The molecule has 0 bridgehead atoms. The van der Waals surface area contributed by atoms with E-state index in [1.165, 1.54) is 0 Å². The van der Waals surface area contributed by atoms with Gasteiger partial charge in [-0.3, -0.25) is 4.79 Å². The van der Waals surface area contributed by atoms with Gasteiger partial charge in [-0.2, -0.15) is 0 Å². The van der Waals surface area contributed by atoms with Gasteiger partial charge in [0.25, 0.3) is 0 Å². The molecule has 0 aromatic rings. The Bertz CT molecular complexity index is 310. The number of carbonyl (C=O) groups excluding carboxylic acids is 1. The van der Waals surface area contributed by atoms with Crippen molar-refractivity contribution < 1.29 is 9.22 Å². The molecule has 0 radical (unpaired) electrons. The summed E-state index contributed by atoms with van der Waals surface area (Å²) >= 11 is 0. The van der Waals surface area contributed by atoms with Crippen molar-refractivity contribution in [3.05, 3.63) is 11.8 Å². The minimum Gasteiger partial charge on any atom is -0.546 e. The van der Waals surface area contributed by atoms with E-state index < -0.39 is 8.32 Å². The minimum atomic E-state index is -1.77. The van der Waals surface area contributed by atoms with Crippen LogP contribution in [-0.4, -0.2) is 14.1 Å². The average molecular weight is 240 g/mol. The Kier molecular flexibility index (Phi) is 3.68. The Morgan fingerprint density at radius 2 is 1.88 bits per heavy atom. The average Bonchev–Trinajstić information content (AvgIpc) is 1.97. The molecule has 1 rings (SSSR count). The smallest absolute Gasteiger partial charge is 0.250 e. The minimum absolute atomic E-state index is 0.192. The van der Waals surface area contributed by atoms with Gasteiger partial charge in [-0.1, -0.05) is 27.7 Å². The fourth-order valence-electron chi connectivity index (χ4n) is 1.61. The number of allylic oxidation sites excluding steroid dienone is 2. The summed E-state index contributed by atoms with van der Waals surface area (Å²) in [6.07, 6.45) is 3.29. The molecule has 1 aliphatic carbocycles. The van der Waals surface area contributed by atoms with Gasteiger partial charge in [0.2, 0.25) is 8.32 Å². The van der Waals surface area contributed by atoms with Crippen LogP contribution in [0.15, 0.2) is 11.8 Å². The fraction of sp³-hybridized carbons (Fsp3) is 0.769. The molecule has 0 amide bonds. The van der Waals surface area contributed by atoms with Gasteiger partial charge < -0.3 is 4.43 Å². The summed E-state index contributed by atoms with van der Waals surface area (Å²) < 4.78 is 6.16. The van der Waals surface area contributed by atoms with Crippen LogP contribution < -0.4 is 0 Å². The molecule has 1 atom stereocenters. The molecular weight excluding hydrogens is 216 g/mol. The Morgan fingerprint density at radius 3 is 2.31 bits per heavy atom. The fourth-order valence-corrected chi connectivity index (χ4v) is 2.71. The first-order chi connectivity index (χ1) is 7.12. The number of hydrogen-bond acceptors (Lipinski definition) is 2. The summed E-state index contributed by atoms with van der Waals surface area (Å²) in [5.74, 6) is 1.56. The summed E-state index contributed by atoms with van der Waals surface area (Å²) in [6, 6.07) is 0. The molecular formula is C13H24O2Si.